The molecule has 0 aromatic rings. The third kappa shape index (κ3) is 3.57. The van der Waals surface area contributed by atoms with E-state index in [1.165, 1.54) is 51.5 Å². The molecule has 0 saturated heterocycles. The topological polar surface area (TPSA) is 29.3 Å². The van der Waals surface area contributed by atoms with E-state index in [0.717, 1.165) is 30.5 Å². The Morgan fingerprint density at radius 3 is 2.30 bits per heavy atom. The summed E-state index contributed by atoms with van der Waals surface area (Å²) in [6, 6.07) is 1.65. The van der Waals surface area contributed by atoms with Crippen LogP contribution >= 0.6 is 0 Å². The number of rotatable bonds is 7. The van der Waals surface area contributed by atoms with Crippen molar-refractivity contribution in [2.45, 2.75) is 84.7 Å². The third-order valence-electron chi connectivity index (χ3n) is 6.20. The highest BCUT2D eigenvalue weighted by Crippen LogP contribution is 2.45. The van der Waals surface area contributed by atoms with Gasteiger partial charge in [0.2, 0.25) is 0 Å². The van der Waals surface area contributed by atoms with Crippen LogP contribution in [-0.2, 0) is 0 Å². The number of nitrogens with two attached hydrogens (primary N) is 1. The fourth-order valence-corrected chi connectivity index (χ4v) is 4.17. The Labute approximate surface area is 126 Å². The van der Waals surface area contributed by atoms with Crippen LogP contribution in [0.3, 0.4) is 0 Å². The molecule has 0 spiro atoms. The highest BCUT2D eigenvalue weighted by Gasteiger charge is 2.42. The molecule has 20 heavy (non-hydrogen) atoms. The molecule has 2 saturated carbocycles. The second-order valence-corrected chi connectivity index (χ2v) is 7.88. The molecule has 3 unspecified atom stereocenters. The van der Waals surface area contributed by atoms with Gasteiger partial charge in [-0.25, -0.2) is 0 Å². The Hall–Kier alpha value is -0.0800. The second-order valence-electron chi connectivity index (χ2n) is 7.88. The molecule has 3 atom stereocenters. The van der Waals surface area contributed by atoms with Gasteiger partial charge in [-0.3, -0.25) is 4.90 Å². The van der Waals surface area contributed by atoms with Crippen molar-refractivity contribution in [1.29, 1.82) is 0 Å². The summed E-state index contributed by atoms with van der Waals surface area (Å²) in [5.41, 5.74) is 6.61. The van der Waals surface area contributed by atoms with Gasteiger partial charge in [0.05, 0.1) is 0 Å². The first-order valence-electron chi connectivity index (χ1n) is 8.99. The fraction of sp³-hybridized carbons (Fsp3) is 1.00. The van der Waals surface area contributed by atoms with E-state index in [0.29, 0.717) is 5.41 Å². The summed E-state index contributed by atoms with van der Waals surface area (Å²) in [5, 5.41) is 0. The maximum absolute atomic E-state index is 6.11. The van der Waals surface area contributed by atoms with Crippen LogP contribution in [0.15, 0.2) is 0 Å². The first-order chi connectivity index (χ1) is 9.53. The van der Waals surface area contributed by atoms with Crippen molar-refractivity contribution in [3.8, 4) is 0 Å². The first-order valence-corrected chi connectivity index (χ1v) is 8.99. The summed E-state index contributed by atoms with van der Waals surface area (Å²) < 4.78 is 0. The van der Waals surface area contributed by atoms with E-state index in [1.807, 2.05) is 0 Å². The maximum Gasteiger partial charge on any atom is 0.0141 e. The SMILES string of the molecule is CCCN(C1CC1)C1CC(C(C)(C)CC)CCC1CN. The molecule has 0 aromatic heterocycles. The van der Waals surface area contributed by atoms with Crippen LogP contribution in [-0.4, -0.2) is 30.1 Å². The van der Waals surface area contributed by atoms with Crippen molar-refractivity contribution in [3.05, 3.63) is 0 Å². The number of hydrogen-bond acceptors (Lipinski definition) is 2. The summed E-state index contributed by atoms with van der Waals surface area (Å²) in [4.78, 5) is 2.84. The Morgan fingerprint density at radius 2 is 1.80 bits per heavy atom. The van der Waals surface area contributed by atoms with Crippen LogP contribution in [0.25, 0.3) is 0 Å². The Morgan fingerprint density at radius 1 is 1.10 bits per heavy atom. The minimum atomic E-state index is 0.499. The minimum absolute atomic E-state index is 0.499. The predicted octanol–water partition coefficient (Wildman–Crippen LogP) is 4.04. The van der Waals surface area contributed by atoms with Gasteiger partial charge in [-0.05, 0) is 68.9 Å². The molecule has 2 fully saturated rings. The van der Waals surface area contributed by atoms with E-state index in [9.17, 15) is 0 Å². The molecule has 2 aliphatic carbocycles. The second kappa shape index (κ2) is 6.79. The van der Waals surface area contributed by atoms with Crippen molar-refractivity contribution in [3.63, 3.8) is 0 Å². The van der Waals surface area contributed by atoms with Gasteiger partial charge in [0.25, 0.3) is 0 Å². The summed E-state index contributed by atoms with van der Waals surface area (Å²) >= 11 is 0. The molecule has 2 nitrogen and oxygen atoms in total. The summed E-state index contributed by atoms with van der Waals surface area (Å²) in [6.07, 6.45) is 9.57. The van der Waals surface area contributed by atoms with Crippen LogP contribution in [0.1, 0.15) is 72.6 Å². The fourth-order valence-electron chi connectivity index (χ4n) is 4.17. The smallest absolute Gasteiger partial charge is 0.0141 e. The zero-order valence-corrected chi connectivity index (χ0v) is 14.2. The number of nitrogens with zero attached hydrogens (tertiary/aromatic N) is 1. The molecule has 118 valence electrons. The molecule has 2 heteroatoms. The van der Waals surface area contributed by atoms with E-state index in [4.69, 9.17) is 5.73 Å². The van der Waals surface area contributed by atoms with E-state index in [2.05, 4.69) is 32.6 Å². The molecule has 0 heterocycles. The molecular weight excluding hydrogens is 244 g/mol. The lowest BCUT2D eigenvalue weighted by molar-refractivity contribution is 0.0330. The van der Waals surface area contributed by atoms with Crippen LogP contribution in [0.5, 0.6) is 0 Å². The van der Waals surface area contributed by atoms with Gasteiger partial charge in [-0.1, -0.05) is 34.1 Å². The van der Waals surface area contributed by atoms with E-state index in [-0.39, 0.29) is 0 Å². The van der Waals surface area contributed by atoms with Gasteiger partial charge in [0, 0.05) is 12.1 Å². The van der Waals surface area contributed by atoms with Crippen LogP contribution in [0.2, 0.25) is 0 Å². The van der Waals surface area contributed by atoms with Crippen molar-refractivity contribution < 1.29 is 0 Å². The predicted molar refractivity (Wildman–Crippen MR) is 87.8 cm³/mol. The monoisotopic (exact) mass is 280 g/mol. The minimum Gasteiger partial charge on any atom is -0.330 e. The van der Waals surface area contributed by atoms with Crippen molar-refractivity contribution in [2.24, 2.45) is 23.0 Å². The summed E-state index contributed by atoms with van der Waals surface area (Å²) in [7, 11) is 0. The van der Waals surface area contributed by atoms with Crippen LogP contribution in [0.4, 0.5) is 0 Å². The average molecular weight is 280 g/mol. The normalized spacial score (nSPS) is 31.8. The molecule has 2 aliphatic rings. The van der Waals surface area contributed by atoms with Crippen LogP contribution < -0.4 is 5.73 Å². The lowest BCUT2D eigenvalue weighted by atomic mass is 9.65. The molecule has 0 bridgehead atoms. The molecule has 0 aliphatic heterocycles. The van der Waals surface area contributed by atoms with Crippen molar-refractivity contribution >= 4 is 0 Å². The van der Waals surface area contributed by atoms with E-state index in [1.54, 1.807) is 0 Å². The molecule has 0 radical (unpaired) electrons. The standard InChI is InChI=1S/C18H36N2/c1-5-11-20(16-9-10-16)17-12-15(18(3,4)6-2)8-7-14(17)13-19/h14-17H,5-13,19H2,1-4H3. The van der Waals surface area contributed by atoms with Gasteiger partial charge in [-0.15, -0.1) is 0 Å². The number of hydrogen-bond donors (Lipinski definition) is 1. The summed E-state index contributed by atoms with van der Waals surface area (Å²) in [5.74, 6) is 1.63. The zero-order valence-electron chi connectivity index (χ0n) is 14.2. The van der Waals surface area contributed by atoms with Crippen molar-refractivity contribution in [1.82, 2.24) is 4.90 Å². The zero-order chi connectivity index (χ0) is 14.8. The lowest BCUT2D eigenvalue weighted by Crippen LogP contribution is -2.50. The molecular formula is C18H36N2. The van der Waals surface area contributed by atoms with Gasteiger partial charge in [0.1, 0.15) is 0 Å². The molecule has 0 aromatic carbocycles. The maximum atomic E-state index is 6.11. The first kappa shape index (κ1) is 16.3. The Kier molecular flexibility index (Phi) is 5.53. The average Bonchev–Trinajstić information content (AvgIpc) is 3.28. The van der Waals surface area contributed by atoms with Gasteiger partial charge < -0.3 is 5.73 Å². The van der Waals surface area contributed by atoms with Crippen molar-refractivity contribution in [2.75, 3.05) is 13.1 Å². The van der Waals surface area contributed by atoms with Crippen LogP contribution in [0, 0.1) is 17.3 Å². The highest BCUT2D eigenvalue weighted by molar-refractivity contribution is 4.96. The molecule has 2 rings (SSSR count). The third-order valence-corrected chi connectivity index (χ3v) is 6.20. The van der Waals surface area contributed by atoms with Gasteiger partial charge >= 0.3 is 0 Å². The molecule has 0 amide bonds. The van der Waals surface area contributed by atoms with E-state index >= 15 is 0 Å². The van der Waals surface area contributed by atoms with E-state index < -0.39 is 0 Å². The Bertz CT molecular complexity index is 296. The van der Waals surface area contributed by atoms with Gasteiger partial charge in [-0.2, -0.15) is 0 Å². The Balaban J connectivity index is 2.08. The quantitative estimate of drug-likeness (QED) is 0.762. The van der Waals surface area contributed by atoms with Gasteiger partial charge in [0.15, 0.2) is 0 Å². The highest BCUT2D eigenvalue weighted by atomic mass is 15.2. The largest absolute Gasteiger partial charge is 0.330 e. The molecule has 2 N–H and O–H groups in total. The summed E-state index contributed by atoms with van der Waals surface area (Å²) in [6.45, 7) is 11.8. The lowest BCUT2D eigenvalue weighted by Gasteiger charge is -2.47.